The van der Waals surface area contributed by atoms with Crippen molar-refractivity contribution in [3.8, 4) is 10.8 Å². The maximum absolute atomic E-state index is 13.0. The first kappa shape index (κ1) is 15.4. The van der Waals surface area contributed by atoms with Gasteiger partial charge in [0.05, 0.1) is 5.69 Å². The van der Waals surface area contributed by atoms with Gasteiger partial charge in [-0.25, -0.2) is 15.0 Å². The van der Waals surface area contributed by atoms with Crippen LogP contribution in [0, 0.1) is 0 Å². The van der Waals surface area contributed by atoms with Crippen LogP contribution in [0.15, 0.2) is 29.9 Å². The average molecular weight is 356 g/mol. The molecule has 5 nitrogen and oxygen atoms in total. The van der Waals surface area contributed by atoms with E-state index in [9.17, 15) is 4.79 Å². The van der Waals surface area contributed by atoms with Gasteiger partial charge >= 0.3 is 0 Å². The van der Waals surface area contributed by atoms with Crippen LogP contribution in [-0.4, -0.2) is 32.3 Å². The van der Waals surface area contributed by atoms with E-state index in [-0.39, 0.29) is 5.91 Å². The Morgan fingerprint density at radius 2 is 2.17 bits per heavy atom. The number of thiazole rings is 1. The molecule has 0 aromatic carbocycles. The summed E-state index contributed by atoms with van der Waals surface area (Å²) in [6, 6.07) is 3.89. The van der Waals surface area contributed by atoms with Crippen molar-refractivity contribution >= 4 is 28.6 Å². The molecule has 0 radical (unpaired) electrons. The third-order valence-corrected chi connectivity index (χ3v) is 6.18. The zero-order valence-corrected chi connectivity index (χ0v) is 14.9. The van der Waals surface area contributed by atoms with Crippen LogP contribution in [0.2, 0.25) is 0 Å². The number of hydrogen-bond donors (Lipinski definition) is 0. The lowest BCUT2D eigenvalue weighted by Gasteiger charge is -2.26. The normalized spacial score (nSPS) is 13.8. The lowest BCUT2D eigenvalue weighted by molar-refractivity contribution is 0.0739. The summed E-state index contributed by atoms with van der Waals surface area (Å²) in [5.74, 6) is 0.651. The molecule has 0 aliphatic carbocycles. The van der Waals surface area contributed by atoms with Crippen LogP contribution in [0.5, 0.6) is 0 Å². The number of rotatable bonds is 3. The van der Waals surface area contributed by atoms with Crippen LogP contribution in [0.1, 0.15) is 32.7 Å². The van der Waals surface area contributed by atoms with E-state index in [2.05, 4.69) is 26.4 Å². The van der Waals surface area contributed by atoms with Crippen molar-refractivity contribution in [2.24, 2.45) is 0 Å². The summed E-state index contributed by atoms with van der Waals surface area (Å²) in [6.07, 6.45) is 5.05. The molecule has 4 heterocycles. The summed E-state index contributed by atoms with van der Waals surface area (Å²) >= 11 is 3.18. The molecule has 122 valence electrons. The molecular weight excluding hydrogens is 340 g/mol. The van der Waals surface area contributed by atoms with Crippen molar-refractivity contribution in [3.63, 3.8) is 0 Å². The van der Waals surface area contributed by atoms with E-state index in [0.717, 1.165) is 30.0 Å². The van der Waals surface area contributed by atoms with Gasteiger partial charge in [-0.15, -0.1) is 22.7 Å². The average Bonchev–Trinajstić information content (AvgIpc) is 3.27. The van der Waals surface area contributed by atoms with Crippen LogP contribution in [0.4, 0.5) is 0 Å². The maximum Gasteiger partial charge on any atom is 0.266 e. The fourth-order valence-electron chi connectivity index (χ4n) is 2.83. The molecule has 0 spiro atoms. The number of amides is 1. The van der Waals surface area contributed by atoms with E-state index in [4.69, 9.17) is 0 Å². The fourth-order valence-corrected chi connectivity index (χ4v) is 4.79. The monoisotopic (exact) mass is 356 g/mol. The number of carbonyl (C=O) groups excluding carboxylic acids is 1. The quantitative estimate of drug-likeness (QED) is 0.721. The Labute approximate surface area is 148 Å². The predicted octanol–water partition coefficient (Wildman–Crippen LogP) is 3.42. The standard InChI is InChI=1S/C17H16N4OS2/c1-2-12-14(24-16(20-12)15-18-6-3-7-19-15)17(22)21-8-4-13-11(10-21)5-9-23-13/h3,5-7,9H,2,4,8,10H2,1H3. The number of hydrogen-bond acceptors (Lipinski definition) is 6. The zero-order chi connectivity index (χ0) is 16.5. The molecule has 3 aromatic rings. The summed E-state index contributed by atoms with van der Waals surface area (Å²) in [4.78, 5) is 30.2. The number of fused-ring (bicyclic) bond motifs is 1. The molecule has 0 fully saturated rings. The minimum absolute atomic E-state index is 0.0726. The van der Waals surface area contributed by atoms with E-state index >= 15 is 0 Å². The molecule has 1 aliphatic heterocycles. The highest BCUT2D eigenvalue weighted by Gasteiger charge is 2.27. The van der Waals surface area contributed by atoms with Crippen LogP contribution in [-0.2, 0) is 19.4 Å². The summed E-state index contributed by atoms with van der Waals surface area (Å²) in [5, 5.41) is 2.82. The molecule has 0 bridgehead atoms. The molecule has 4 rings (SSSR count). The van der Waals surface area contributed by atoms with Gasteiger partial charge in [0.25, 0.3) is 5.91 Å². The third kappa shape index (κ3) is 2.74. The van der Waals surface area contributed by atoms with Gasteiger partial charge in [0.1, 0.15) is 4.88 Å². The Bertz CT molecular complexity index is 872. The van der Waals surface area contributed by atoms with E-state index in [0.29, 0.717) is 17.4 Å². The van der Waals surface area contributed by atoms with Gasteiger partial charge in [-0.3, -0.25) is 4.79 Å². The molecule has 0 saturated carbocycles. The number of carbonyl (C=O) groups is 1. The minimum Gasteiger partial charge on any atom is -0.333 e. The third-order valence-electron chi connectivity index (χ3n) is 4.08. The molecule has 0 atom stereocenters. The Balaban J connectivity index is 1.64. The summed E-state index contributed by atoms with van der Waals surface area (Å²) in [7, 11) is 0. The van der Waals surface area contributed by atoms with Gasteiger partial charge in [0.2, 0.25) is 0 Å². The van der Waals surface area contributed by atoms with Crippen molar-refractivity contribution in [1.82, 2.24) is 19.9 Å². The van der Waals surface area contributed by atoms with Gasteiger partial charge in [0.15, 0.2) is 10.8 Å². The molecule has 0 saturated heterocycles. The lowest BCUT2D eigenvalue weighted by Crippen LogP contribution is -2.35. The second-order valence-corrected chi connectivity index (χ2v) is 7.57. The van der Waals surface area contributed by atoms with Crippen LogP contribution >= 0.6 is 22.7 Å². The van der Waals surface area contributed by atoms with Gasteiger partial charge in [-0.1, -0.05) is 6.92 Å². The van der Waals surface area contributed by atoms with Crippen molar-refractivity contribution in [3.05, 3.63) is 50.9 Å². The first-order chi connectivity index (χ1) is 11.8. The summed E-state index contributed by atoms with van der Waals surface area (Å²) < 4.78 is 0. The highest BCUT2D eigenvalue weighted by atomic mass is 32.1. The minimum atomic E-state index is 0.0726. The van der Waals surface area contributed by atoms with Gasteiger partial charge in [-0.2, -0.15) is 0 Å². The highest BCUT2D eigenvalue weighted by Crippen LogP contribution is 2.30. The lowest BCUT2D eigenvalue weighted by atomic mass is 10.1. The summed E-state index contributed by atoms with van der Waals surface area (Å²) in [5.41, 5.74) is 2.11. The van der Waals surface area contributed by atoms with E-state index in [1.54, 1.807) is 29.8 Å². The van der Waals surface area contributed by atoms with E-state index in [1.165, 1.54) is 21.8 Å². The van der Waals surface area contributed by atoms with Crippen molar-refractivity contribution < 1.29 is 4.79 Å². The van der Waals surface area contributed by atoms with Crippen molar-refractivity contribution in [1.29, 1.82) is 0 Å². The number of aryl methyl sites for hydroxylation is 1. The first-order valence-corrected chi connectivity index (χ1v) is 9.57. The van der Waals surface area contributed by atoms with Gasteiger partial charge in [0, 0.05) is 30.4 Å². The molecule has 3 aromatic heterocycles. The number of aromatic nitrogens is 3. The summed E-state index contributed by atoms with van der Waals surface area (Å²) in [6.45, 7) is 3.48. The van der Waals surface area contributed by atoms with E-state index in [1.807, 2.05) is 11.8 Å². The predicted molar refractivity (Wildman–Crippen MR) is 95.3 cm³/mol. The smallest absolute Gasteiger partial charge is 0.266 e. The number of thiophene rings is 1. The first-order valence-electron chi connectivity index (χ1n) is 7.88. The van der Waals surface area contributed by atoms with Crippen molar-refractivity contribution in [2.75, 3.05) is 6.54 Å². The largest absolute Gasteiger partial charge is 0.333 e. The van der Waals surface area contributed by atoms with E-state index < -0.39 is 0 Å². The van der Waals surface area contributed by atoms with Crippen LogP contribution < -0.4 is 0 Å². The van der Waals surface area contributed by atoms with Gasteiger partial charge in [-0.05, 0) is 35.9 Å². The van der Waals surface area contributed by atoms with Crippen LogP contribution in [0.25, 0.3) is 10.8 Å². The fraction of sp³-hybridized carbons (Fsp3) is 0.294. The molecule has 1 aliphatic rings. The Hall–Kier alpha value is -2.12. The second kappa shape index (κ2) is 6.41. The Morgan fingerprint density at radius 3 is 2.96 bits per heavy atom. The highest BCUT2D eigenvalue weighted by molar-refractivity contribution is 7.17. The Kier molecular flexibility index (Phi) is 4.12. The van der Waals surface area contributed by atoms with Crippen molar-refractivity contribution in [2.45, 2.75) is 26.3 Å². The zero-order valence-electron chi connectivity index (χ0n) is 13.2. The molecule has 0 N–H and O–H groups in total. The second-order valence-electron chi connectivity index (χ2n) is 5.57. The maximum atomic E-state index is 13.0. The molecule has 0 unspecified atom stereocenters. The number of nitrogens with zero attached hydrogens (tertiary/aromatic N) is 4. The molecular formula is C17H16N4OS2. The molecule has 24 heavy (non-hydrogen) atoms. The molecule has 1 amide bonds. The van der Waals surface area contributed by atoms with Gasteiger partial charge < -0.3 is 4.90 Å². The topological polar surface area (TPSA) is 59.0 Å². The SMILES string of the molecule is CCc1nc(-c2ncccn2)sc1C(=O)N1CCc2sccc2C1. The Morgan fingerprint density at radius 1 is 1.33 bits per heavy atom. The molecule has 7 heteroatoms. The van der Waals surface area contributed by atoms with Crippen LogP contribution in [0.3, 0.4) is 0 Å².